The van der Waals surface area contributed by atoms with Gasteiger partial charge in [-0.2, -0.15) is 0 Å². The number of aliphatic carboxylic acids is 1. The van der Waals surface area contributed by atoms with Crippen molar-refractivity contribution < 1.29 is 18.9 Å². The Morgan fingerprint density at radius 1 is 1.33 bits per heavy atom. The van der Waals surface area contributed by atoms with Crippen LogP contribution in [0.25, 0.3) is 0 Å². The topological polar surface area (TPSA) is 83.5 Å². The van der Waals surface area contributed by atoms with E-state index in [2.05, 4.69) is 5.32 Å². The van der Waals surface area contributed by atoms with E-state index in [1.54, 1.807) is 31.2 Å². The van der Waals surface area contributed by atoms with Crippen LogP contribution in [0.2, 0.25) is 0 Å². The Balaban J connectivity index is 2.45. The summed E-state index contributed by atoms with van der Waals surface area (Å²) in [6.07, 6.45) is -0.203. The summed E-state index contributed by atoms with van der Waals surface area (Å²) in [5.74, 6) is -1.58. The summed E-state index contributed by atoms with van der Waals surface area (Å²) in [5, 5.41) is 10.6. The number of nitrogens with one attached hydrogen (secondary N) is 1. The number of carbonyl (C=O) groups excluding carboxylic acids is 1. The monoisotopic (exact) mass is 269 g/mol. The Bertz CT molecular complexity index is 447. The number of carboxylic acid groups (broad SMARTS) is 1. The summed E-state index contributed by atoms with van der Waals surface area (Å²) in [6, 6.07) is 8.82. The van der Waals surface area contributed by atoms with Gasteiger partial charge in [0, 0.05) is 21.7 Å². The molecule has 18 heavy (non-hydrogen) atoms. The van der Waals surface area contributed by atoms with E-state index in [-0.39, 0.29) is 18.1 Å². The number of hydrogen-bond donors (Lipinski definition) is 2. The fraction of sp³-hybridized carbons (Fsp3) is 0.333. The molecule has 0 fully saturated rings. The highest BCUT2D eigenvalue weighted by molar-refractivity contribution is 7.86. The van der Waals surface area contributed by atoms with Crippen LogP contribution in [0.3, 0.4) is 0 Å². The minimum Gasteiger partial charge on any atom is -0.481 e. The molecule has 1 aromatic rings. The molecule has 0 saturated heterocycles. The molecular weight excluding hydrogens is 254 g/mol. The average molecular weight is 269 g/mol. The van der Waals surface area contributed by atoms with Gasteiger partial charge in [-0.25, -0.2) is 0 Å². The van der Waals surface area contributed by atoms with E-state index in [1.807, 2.05) is 6.07 Å². The highest BCUT2D eigenvalue weighted by Crippen LogP contribution is 2.06. The summed E-state index contributed by atoms with van der Waals surface area (Å²) in [6.45, 7) is 1.56. The molecule has 0 bridgehead atoms. The van der Waals surface area contributed by atoms with Crippen LogP contribution in [0.1, 0.15) is 13.3 Å². The molecule has 0 aromatic heterocycles. The molecule has 98 valence electrons. The summed E-state index contributed by atoms with van der Waals surface area (Å²) in [5.41, 5.74) is 0.630. The largest absolute Gasteiger partial charge is 0.481 e. The van der Waals surface area contributed by atoms with Crippen LogP contribution in [0, 0.1) is 0 Å². The van der Waals surface area contributed by atoms with Crippen molar-refractivity contribution in [2.45, 2.75) is 18.6 Å². The maximum atomic E-state index is 11.7. The second-order valence-electron chi connectivity index (χ2n) is 3.85. The summed E-state index contributed by atoms with van der Waals surface area (Å²) in [7, 11) is -1.48. The number of carbonyl (C=O) groups is 2. The van der Waals surface area contributed by atoms with Crippen LogP contribution < -0.4 is 5.32 Å². The lowest BCUT2D eigenvalue weighted by Crippen LogP contribution is -2.26. The van der Waals surface area contributed by atoms with Gasteiger partial charge in [0.05, 0.1) is 6.42 Å². The predicted molar refractivity (Wildman–Crippen MR) is 69.8 cm³/mol. The van der Waals surface area contributed by atoms with Crippen molar-refractivity contribution in [2.75, 3.05) is 11.1 Å². The highest BCUT2D eigenvalue weighted by atomic mass is 32.2. The zero-order valence-electron chi connectivity index (χ0n) is 9.96. The highest BCUT2D eigenvalue weighted by Gasteiger charge is 2.17. The molecule has 0 aliphatic heterocycles. The molecule has 1 aromatic carbocycles. The van der Waals surface area contributed by atoms with Crippen molar-refractivity contribution in [3.63, 3.8) is 0 Å². The molecule has 0 heterocycles. The van der Waals surface area contributed by atoms with Gasteiger partial charge >= 0.3 is 5.97 Å². The molecule has 5 nitrogen and oxygen atoms in total. The van der Waals surface area contributed by atoms with Crippen LogP contribution in [-0.4, -0.2) is 32.2 Å². The van der Waals surface area contributed by atoms with Crippen molar-refractivity contribution in [3.8, 4) is 0 Å². The third-order valence-corrected chi connectivity index (χ3v) is 3.85. The van der Waals surface area contributed by atoms with E-state index in [1.165, 1.54) is 0 Å². The average Bonchev–Trinajstić information content (AvgIpc) is 2.29. The number of rotatable bonds is 6. The Morgan fingerprint density at radius 3 is 2.50 bits per heavy atom. The molecule has 0 spiro atoms. The van der Waals surface area contributed by atoms with E-state index in [9.17, 15) is 13.8 Å². The summed E-state index contributed by atoms with van der Waals surface area (Å²) < 4.78 is 11.7. The van der Waals surface area contributed by atoms with Gasteiger partial charge in [0.25, 0.3) is 0 Å². The minimum absolute atomic E-state index is 0.191. The van der Waals surface area contributed by atoms with Crippen LogP contribution in [0.4, 0.5) is 5.69 Å². The molecule has 0 aliphatic rings. The zero-order chi connectivity index (χ0) is 13.5. The van der Waals surface area contributed by atoms with Crippen molar-refractivity contribution >= 4 is 28.4 Å². The van der Waals surface area contributed by atoms with Crippen molar-refractivity contribution in [1.29, 1.82) is 0 Å². The van der Waals surface area contributed by atoms with E-state index in [0.717, 1.165) is 0 Å². The lowest BCUT2D eigenvalue weighted by molar-refractivity contribution is -0.136. The minimum atomic E-state index is -1.48. The smallest absolute Gasteiger partial charge is 0.304 e. The molecule has 1 rings (SSSR count). The number of benzene rings is 1. The molecular formula is C12H15NO4S. The number of anilines is 1. The summed E-state index contributed by atoms with van der Waals surface area (Å²) in [4.78, 5) is 22.0. The van der Waals surface area contributed by atoms with E-state index in [0.29, 0.717) is 5.69 Å². The second-order valence-corrected chi connectivity index (χ2v) is 5.70. The fourth-order valence-electron chi connectivity index (χ4n) is 1.33. The first-order valence-electron chi connectivity index (χ1n) is 5.43. The van der Waals surface area contributed by atoms with Crippen LogP contribution >= 0.6 is 0 Å². The fourth-order valence-corrected chi connectivity index (χ4v) is 2.27. The van der Waals surface area contributed by atoms with Gasteiger partial charge < -0.3 is 10.4 Å². The molecule has 0 radical (unpaired) electrons. The molecule has 0 saturated carbocycles. The Labute approximate surface area is 108 Å². The standard InChI is InChI=1S/C12H15NO4S/c1-9(7-12(15)16)18(17)8-11(14)13-10-5-3-2-4-6-10/h2-6,9H,7-8H2,1H3,(H,13,14)(H,15,16). The van der Waals surface area contributed by atoms with E-state index >= 15 is 0 Å². The first-order chi connectivity index (χ1) is 8.49. The van der Waals surface area contributed by atoms with Crippen LogP contribution in [-0.2, 0) is 20.4 Å². The number of hydrogen-bond acceptors (Lipinski definition) is 3. The maximum Gasteiger partial charge on any atom is 0.304 e. The van der Waals surface area contributed by atoms with Gasteiger partial charge in [-0.15, -0.1) is 0 Å². The molecule has 2 N–H and O–H groups in total. The van der Waals surface area contributed by atoms with Gasteiger partial charge in [0.1, 0.15) is 5.75 Å². The Morgan fingerprint density at radius 2 is 1.94 bits per heavy atom. The van der Waals surface area contributed by atoms with Crippen LogP contribution in [0.5, 0.6) is 0 Å². The van der Waals surface area contributed by atoms with Crippen molar-refractivity contribution in [3.05, 3.63) is 30.3 Å². The van der Waals surface area contributed by atoms with Gasteiger partial charge in [-0.05, 0) is 12.1 Å². The van der Waals surface area contributed by atoms with Crippen molar-refractivity contribution in [2.24, 2.45) is 0 Å². The third kappa shape index (κ3) is 5.09. The first-order valence-corrected chi connectivity index (χ1v) is 6.81. The van der Waals surface area contributed by atoms with Gasteiger partial charge in [-0.3, -0.25) is 13.8 Å². The van der Waals surface area contributed by atoms with Gasteiger partial charge in [0.15, 0.2) is 0 Å². The lowest BCUT2D eigenvalue weighted by atomic mass is 10.3. The normalized spacial score (nSPS) is 13.6. The Kier molecular flexibility index (Phi) is 5.51. The summed E-state index contributed by atoms with van der Waals surface area (Å²) >= 11 is 0. The number of carboxylic acids is 1. The molecule has 2 unspecified atom stereocenters. The van der Waals surface area contributed by atoms with Gasteiger partial charge in [-0.1, -0.05) is 25.1 Å². The van der Waals surface area contributed by atoms with Crippen LogP contribution in [0.15, 0.2) is 30.3 Å². The van der Waals surface area contributed by atoms with E-state index < -0.39 is 22.0 Å². The third-order valence-electron chi connectivity index (χ3n) is 2.24. The zero-order valence-corrected chi connectivity index (χ0v) is 10.8. The number of para-hydroxylation sites is 1. The second kappa shape index (κ2) is 6.90. The van der Waals surface area contributed by atoms with Crippen molar-refractivity contribution in [1.82, 2.24) is 0 Å². The quantitative estimate of drug-likeness (QED) is 0.813. The first kappa shape index (κ1) is 14.4. The number of amides is 1. The lowest BCUT2D eigenvalue weighted by Gasteiger charge is -2.09. The maximum absolute atomic E-state index is 11.7. The predicted octanol–water partition coefficient (Wildman–Crippen LogP) is 1.24. The SMILES string of the molecule is CC(CC(=O)O)S(=O)CC(=O)Nc1ccccc1. The molecule has 0 aliphatic carbocycles. The molecule has 1 amide bonds. The molecule has 6 heteroatoms. The van der Waals surface area contributed by atoms with Gasteiger partial charge in [0.2, 0.25) is 5.91 Å². The Hall–Kier alpha value is -1.69. The molecule has 2 atom stereocenters. The van der Waals surface area contributed by atoms with E-state index in [4.69, 9.17) is 5.11 Å².